The van der Waals surface area contributed by atoms with E-state index in [0.29, 0.717) is 6.61 Å². The van der Waals surface area contributed by atoms with Crippen molar-refractivity contribution in [2.45, 2.75) is 122 Å². The molecule has 1 aliphatic rings. The number of rotatable bonds is 9. The van der Waals surface area contributed by atoms with E-state index < -0.39 is 22.4 Å². The van der Waals surface area contributed by atoms with Crippen molar-refractivity contribution in [3.05, 3.63) is 12.7 Å². The van der Waals surface area contributed by atoms with E-state index in [1.165, 1.54) is 0 Å². The van der Waals surface area contributed by atoms with Gasteiger partial charge in [-0.1, -0.05) is 47.6 Å². The van der Waals surface area contributed by atoms with Gasteiger partial charge in [0, 0.05) is 0 Å². The first kappa shape index (κ1) is 28.8. The molecule has 0 aromatic carbocycles. The minimum Gasteiger partial charge on any atom is -0.414 e. The van der Waals surface area contributed by atoms with E-state index in [4.69, 9.17) is 30.5 Å². The van der Waals surface area contributed by atoms with E-state index in [0.717, 1.165) is 0 Å². The Labute approximate surface area is 198 Å². The third kappa shape index (κ3) is 7.40. The molecule has 180 valence electrons. The van der Waals surface area contributed by atoms with Gasteiger partial charge in [0.1, 0.15) is 18.2 Å². The van der Waals surface area contributed by atoms with Crippen molar-refractivity contribution in [1.29, 1.82) is 0 Å². The highest BCUT2D eigenvalue weighted by Crippen LogP contribution is 2.42. The highest BCUT2D eigenvalue weighted by atomic mass is 32.1. The molecule has 0 aromatic heterocycles. The summed E-state index contributed by atoms with van der Waals surface area (Å²) in [5, 5.41) is 2.63. The van der Waals surface area contributed by atoms with Gasteiger partial charge in [0.25, 0.3) is 0 Å². The average molecular weight is 488 g/mol. The Hall–Kier alpha value is -0.186. The Bertz CT molecular complexity index is 676. The Balaban J connectivity index is 3.35. The van der Waals surface area contributed by atoms with Crippen molar-refractivity contribution in [2.75, 3.05) is 6.61 Å². The van der Waals surface area contributed by atoms with E-state index in [-0.39, 0.29) is 34.4 Å². The molecule has 1 heterocycles. The smallest absolute Gasteiger partial charge is 0.192 e. The monoisotopic (exact) mass is 487 g/mol. The van der Waals surface area contributed by atoms with Crippen LogP contribution >= 0.6 is 12.2 Å². The number of ether oxygens (including phenoxy) is 2. The minimum atomic E-state index is -2.11. The minimum absolute atomic E-state index is 0.0527. The summed E-state index contributed by atoms with van der Waals surface area (Å²) in [4.78, 5) is 4.28. The molecule has 31 heavy (non-hydrogen) atoms. The van der Waals surface area contributed by atoms with Gasteiger partial charge in [-0.15, -0.1) is 6.58 Å². The molecular weight excluding hydrogens is 442 g/mol. The molecule has 1 saturated heterocycles. The van der Waals surface area contributed by atoms with Gasteiger partial charge in [0.15, 0.2) is 22.4 Å². The molecule has 0 radical (unpaired) electrons. The van der Waals surface area contributed by atoms with Gasteiger partial charge >= 0.3 is 0 Å². The van der Waals surface area contributed by atoms with Crippen LogP contribution < -0.4 is 0 Å². The van der Waals surface area contributed by atoms with Crippen LogP contribution in [0.25, 0.3) is 0 Å². The zero-order valence-electron chi connectivity index (χ0n) is 21.8. The maximum atomic E-state index is 6.90. The van der Waals surface area contributed by atoms with Crippen LogP contribution in [0.2, 0.25) is 36.3 Å². The number of nitrogens with zero attached hydrogens (tertiary/aromatic N) is 1. The molecule has 0 aromatic rings. The Kier molecular flexibility index (Phi) is 9.28. The van der Waals surface area contributed by atoms with Crippen molar-refractivity contribution in [3.63, 3.8) is 0 Å². The van der Waals surface area contributed by atoms with Crippen LogP contribution in [-0.4, -0.2) is 58.5 Å². The quantitative estimate of drug-likeness (QED) is 0.159. The van der Waals surface area contributed by atoms with Crippen LogP contribution in [0.3, 0.4) is 0 Å². The maximum Gasteiger partial charge on any atom is 0.192 e. The van der Waals surface area contributed by atoms with Crippen molar-refractivity contribution < 1.29 is 18.3 Å². The predicted octanol–water partition coefficient (Wildman–Crippen LogP) is 6.58. The predicted molar refractivity (Wildman–Crippen MR) is 138 cm³/mol. The molecule has 0 aliphatic carbocycles. The third-order valence-corrected chi connectivity index (χ3v) is 16.1. The Morgan fingerprint density at radius 3 is 1.94 bits per heavy atom. The van der Waals surface area contributed by atoms with Crippen molar-refractivity contribution in [2.24, 2.45) is 4.99 Å². The number of isothiocyanates is 1. The Morgan fingerprint density at radius 2 is 1.52 bits per heavy atom. The van der Waals surface area contributed by atoms with Gasteiger partial charge in [-0.05, 0) is 62.3 Å². The lowest BCUT2D eigenvalue weighted by atomic mass is 10.0. The van der Waals surface area contributed by atoms with Crippen LogP contribution in [0.15, 0.2) is 17.6 Å². The molecule has 0 bridgehead atoms. The summed E-state index contributed by atoms with van der Waals surface area (Å²) in [7, 11) is -4.09. The van der Waals surface area contributed by atoms with Gasteiger partial charge in [-0.3, -0.25) is 0 Å². The average Bonchev–Trinajstić information content (AvgIpc) is 2.89. The van der Waals surface area contributed by atoms with Gasteiger partial charge < -0.3 is 18.3 Å². The first-order chi connectivity index (χ1) is 13.8. The molecule has 0 N–H and O–H groups in total. The van der Waals surface area contributed by atoms with Crippen LogP contribution in [-0.2, 0) is 18.3 Å². The first-order valence-corrected chi connectivity index (χ1v) is 17.4. The highest BCUT2D eigenvalue weighted by molar-refractivity contribution is 7.78. The lowest BCUT2D eigenvalue weighted by Crippen LogP contribution is -2.54. The fourth-order valence-electron chi connectivity index (χ4n) is 2.95. The standard InChI is InChI=1S/C23H45NO4SSi2/c1-14-17(24-16-29)19-20(27-23(8,9)26-19)18(28-31(12,13)22(5,6)7)15-25-30(10,11)21(2,3)4/h14,17-20H,1,15H2,2-13H3/t17-,18-,19+,20-/m1/s1. The largest absolute Gasteiger partial charge is 0.414 e. The summed E-state index contributed by atoms with van der Waals surface area (Å²) in [6, 6.07) is -0.359. The van der Waals surface area contributed by atoms with E-state index in [9.17, 15) is 0 Å². The third-order valence-electron chi connectivity index (χ3n) is 6.98. The number of hydrogen-bond acceptors (Lipinski definition) is 6. The SMILES string of the molecule is C=C[C@@H](N=C=S)[C@@H]1OC(C)(C)O[C@@H]1[C@@H](CO[Si](C)(C)C(C)(C)C)O[Si](C)(C)C(C)(C)C. The summed E-state index contributed by atoms with van der Waals surface area (Å²) >= 11 is 4.86. The van der Waals surface area contributed by atoms with Gasteiger partial charge in [-0.25, -0.2) is 4.99 Å². The topological polar surface area (TPSA) is 49.3 Å². The number of hydrogen-bond donors (Lipinski definition) is 0. The van der Waals surface area contributed by atoms with E-state index in [1.807, 2.05) is 13.8 Å². The molecule has 1 rings (SSSR count). The molecule has 1 aliphatic heterocycles. The van der Waals surface area contributed by atoms with Gasteiger partial charge in [0.05, 0.1) is 17.9 Å². The molecular formula is C23H45NO4SSi2. The lowest BCUT2D eigenvalue weighted by molar-refractivity contribution is -0.156. The molecule has 0 amide bonds. The Morgan fingerprint density at radius 1 is 1.03 bits per heavy atom. The van der Waals surface area contributed by atoms with E-state index in [2.05, 4.69) is 84.5 Å². The highest BCUT2D eigenvalue weighted by Gasteiger charge is 2.51. The number of thiocarbonyl (C=S) groups is 1. The second-order valence-electron chi connectivity index (χ2n) is 12.0. The fourth-order valence-corrected chi connectivity index (χ4v) is 5.40. The molecule has 0 unspecified atom stereocenters. The molecule has 5 nitrogen and oxygen atoms in total. The fraction of sp³-hybridized carbons (Fsp3) is 0.870. The summed E-state index contributed by atoms with van der Waals surface area (Å²) in [5.41, 5.74) is 0. The summed E-state index contributed by atoms with van der Waals surface area (Å²) in [6.45, 7) is 30.7. The van der Waals surface area contributed by atoms with E-state index >= 15 is 0 Å². The van der Waals surface area contributed by atoms with Gasteiger partial charge in [0.2, 0.25) is 0 Å². The van der Waals surface area contributed by atoms with Crippen molar-refractivity contribution in [3.8, 4) is 0 Å². The second-order valence-corrected chi connectivity index (χ2v) is 21.7. The summed E-state index contributed by atoms with van der Waals surface area (Å²) in [5.74, 6) is -0.764. The summed E-state index contributed by atoms with van der Waals surface area (Å²) in [6.07, 6.45) is 0.717. The second kappa shape index (κ2) is 9.98. The van der Waals surface area contributed by atoms with Crippen LogP contribution in [0.1, 0.15) is 55.4 Å². The molecule has 1 fully saturated rings. The van der Waals surface area contributed by atoms with Crippen LogP contribution in [0.5, 0.6) is 0 Å². The maximum absolute atomic E-state index is 6.90. The molecule has 4 atom stereocenters. The lowest BCUT2D eigenvalue weighted by Gasteiger charge is -2.43. The normalized spacial score (nSPS) is 24.4. The van der Waals surface area contributed by atoms with Crippen molar-refractivity contribution in [1.82, 2.24) is 0 Å². The molecule has 0 saturated carbocycles. The summed E-state index contributed by atoms with van der Waals surface area (Å²) < 4.78 is 26.2. The van der Waals surface area contributed by atoms with Gasteiger partial charge in [-0.2, -0.15) is 0 Å². The zero-order valence-corrected chi connectivity index (χ0v) is 24.6. The zero-order chi connectivity index (χ0) is 24.5. The molecule has 8 heteroatoms. The van der Waals surface area contributed by atoms with Crippen molar-refractivity contribution >= 4 is 34.0 Å². The van der Waals surface area contributed by atoms with Crippen LogP contribution in [0, 0.1) is 0 Å². The first-order valence-electron chi connectivity index (χ1n) is 11.1. The molecule has 0 spiro atoms. The number of aliphatic imine (C=N–C) groups is 1. The van der Waals surface area contributed by atoms with E-state index in [1.54, 1.807) is 6.08 Å². The van der Waals surface area contributed by atoms with Crippen LogP contribution in [0.4, 0.5) is 0 Å².